The molecule has 4 heteroatoms. The summed E-state index contributed by atoms with van der Waals surface area (Å²) >= 11 is 0. The van der Waals surface area contributed by atoms with Gasteiger partial charge < -0.3 is 10.3 Å². The highest BCUT2D eigenvalue weighted by Crippen LogP contribution is 2.41. The van der Waals surface area contributed by atoms with Gasteiger partial charge in [-0.3, -0.25) is 4.21 Å². The van der Waals surface area contributed by atoms with Crippen LogP contribution < -0.4 is 5.73 Å². The topological polar surface area (TPSA) is 48.0 Å². The maximum Gasteiger partial charge on any atom is 0.0351 e. The van der Waals surface area contributed by atoms with Crippen molar-refractivity contribution >= 4 is 10.8 Å². The van der Waals surface area contributed by atoms with E-state index in [0.717, 1.165) is 37.2 Å². The summed E-state index contributed by atoms with van der Waals surface area (Å²) in [5.41, 5.74) is 9.39. The molecular weight excluding hydrogens is 256 g/mol. The lowest BCUT2D eigenvalue weighted by Gasteiger charge is -2.36. The fourth-order valence-corrected chi connectivity index (χ4v) is 4.93. The summed E-state index contributed by atoms with van der Waals surface area (Å²) in [7, 11) is -0.585. The summed E-state index contributed by atoms with van der Waals surface area (Å²) in [6.07, 6.45) is 6.49. The lowest BCUT2D eigenvalue weighted by Crippen LogP contribution is -2.32. The Labute approximate surface area is 118 Å². The number of hydrogen-bond donors (Lipinski definition) is 1. The molecule has 2 N–H and O–H groups in total. The Morgan fingerprint density at radius 1 is 1.37 bits per heavy atom. The number of nitrogens with zero attached hydrogens (tertiary/aromatic N) is 1. The van der Waals surface area contributed by atoms with Gasteiger partial charge in [0.2, 0.25) is 0 Å². The molecule has 1 aromatic rings. The van der Waals surface area contributed by atoms with E-state index in [-0.39, 0.29) is 6.04 Å². The highest BCUT2D eigenvalue weighted by atomic mass is 32.2. The van der Waals surface area contributed by atoms with Crippen molar-refractivity contribution in [3.05, 3.63) is 23.5 Å². The summed E-state index contributed by atoms with van der Waals surface area (Å²) in [4.78, 5) is 0. The largest absolute Gasteiger partial charge is 0.348 e. The minimum absolute atomic E-state index is 0.178. The van der Waals surface area contributed by atoms with E-state index in [2.05, 4.69) is 30.7 Å². The van der Waals surface area contributed by atoms with Crippen molar-refractivity contribution in [1.29, 1.82) is 0 Å². The Morgan fingerprint density at radius 2 is 2.05 bits per heavy atom. The van der Waals surface area contributed by atoms with E-state index in [4.69, 9.17) is 5.73 Å². The van der Waals surface area contributed by atoms with Gasteiger partial charge in [-0.25, -0.2) is 0 Å². The van der Waals surface area contributed by atoms with E-state index in [1.807, 2.05) is 0 Å². The predicted octanol–water partition coefficient (Wildman–Crippen LogP) is 2.54. The van der Waals surface area contributed by atoms with Gasteiger partial charge in [0.15, 0.2) is 0 Å². The molecule has 1 atom stereocenters. The van der Waals surface area contributed by atoms with Crippen molar-refractivity contribution in [2.24, 2.45) is 11.1 Å². The molecule has 0 bridgehead atoms. The standard InChI is InChI=1S/C15H24N2OS/c1-15(2)9-13(16)12-3-6-17(14(12)10-15)11-4-7-19(18)8-5-11/h3,6,11,13H,4-5,7-10,16H2,1-2H3. The number of nitrogens with two attached hydrogens (primary N) is 1. The monoisotopic (exact) mass is 280 g/mol. The second-order valence-electron chi connectivity index (χ2n) is 6.86. The molecule has 0 aromatic carbocycles. The van der Waals surface area contributed by atoms with E-state index in [9.17, 15) is 4.21 Å². The zero-order valence-corrected chi connectivity index (χ0v) is 12.7. The van der Waals surface area contributed by atoms with Crippen LogP contribution in [0.2, 0.25) is 0 Å². The smallest absolute Gasteiger partial charge is 0.0351 e. The first-order valence-corrected chi connectivity index (χ1v) is 8.75. The fraction of sp³-hybridized carbons (Fsp3) is 0.733. The molecular formula is C15H24N2OS. The van der Waals surface area contributed by atoms with E-state index in [1.54, 1.807) is 0 Å². The van der Waals surface area contributed by atoms with Crippen molar-refractivity contribution in [3.63, 3.8) is 0 Å². The molecule has 0 saturated carbocycles. The average Bonchev–Trinajstić information content (AvgIpc) is 2.72. The van der Waals surface area contributed by atoms with Crippen molar-refractivity contribution in [1.82, 2.24) is 4.57 Å². The van der Waals surface area contributed by atoms with Gasteiger partial charge in [0.25, 0.3) is 0 Å². The molecule has 2 heterocycles. The van der Waals surface area contributed by atoms with E-state index >= 15 is 0 Å². The Balaban J connectivity index is 1.90. The first kappa shape index (κ1) is 13.4. The van der Waals surface area contributed by atoms with Crippen molar-refractivity contribution in [3.8, 4) is 0 Å². The summed E-state index contributed by atoms with van der Waals surface area (Å²) in [5, 5.41) is 0. The molecule has 1 aliphatic carbocycles. The number of aromatic nitrogens is 1. The lowest BCUT2D eigenvalue weighted by molar-refractivity contribution is 0.270. The Hall–Kier alpha value is -0.610. The molecule has 1 fully saturated rings. The molecule has 0 amide bonds. The van der Waals surface area contributed by atoms with Gasteiger partial charge in [0.05, 0.1) is 0 Å². The third kappa shape index (κ3) is 2.52. The van der Waals surface area contributed by atoms with Crippen molar-refractivity contribution in [2.75, 3.05) is 11.5 Å². The molecule has 0 radical (unpaired) electrons. The van der Waals surface area contributed by atoms with Crippen LogP contribution in [0.5, 0.6) is 0 Å². The van der Waals surface area contributed by atoms with Gasteiger partial charge >= 0.3 is 0 Å². The Morgan fingerprint density at radius 3 is 2.74 bits per heavy atom. The average molecular weight is 280 g/mol. The first-order valence-electron chi connectivity index (χ1n) is 7.26. The number of fused-ring (bicyclic) bond motifs is 1. The third-order valence-electron chi connectivity index (χ3n) is 4.63. The second kappa shape index (κ2) is 4.74. The fourth-order valence-electron chi connectivity index (χ4n) is 3.66. The van der Waals surface area contributed by atoms with Crippen LogP contribution in [0.15, 0.2) is 12.3 Å². The zero-order valence-electron chi connectivity index (χ0n) is 11.9. The van der Waals surface area contributed by atoms with Gasteiger partial charge in [-0.15, -0.1) is 0 Å². The van der Waals surface area contributed by atoms with Crippen LogP contribution in [0.25, 0.3) is 0 Å². The molecule has 19 heavy (non-hydrogen) atoms. The molecule has 106 valence electrons. The third-order valence-corrected chi connectivity index (χ3v) is 6.01. The molecule has 3 rings (SSSR count). The van der Waals surface area contributed by atoms with Crippen molar-refractivity contribution in [2.45, 2.75) is 51.6 Å². The highest BCUT2D eigenvalue weighted by Gasteiger charge is 2.34. The van der Waals surface area contributed by atoms with Gasteiger partial charge in [-0.2, -0.15) is 0 Å². The minimum atomic E-state index is -0.585. The van der Waals surface area contributed by atoms with Crippen LogP contribution in [0.1, 0.15) is 56.5 Å². The van der Waals surface area contributed by atoms with Crippen molar-refractivity contribution < 1.29 is 4.21 Å². The molecule has 3 nitrogen and oxygen atoms in total. The van der Waals surface area contributed by atoms with Gasteiger partial charge in [0, 0.05) is 46.3 Å². The normalized spacial score (nSPS) is 33.9. The van der Waals surface area contributed by atoms with Crippen LogP contribution >= 0.6 is 0 Å². The van der Waals surface area contributed by atoms with Crippen LogP contribution in [0.3, 0.4) is 0 Å². The quantitative estimate of drug-likeness (QED) is 0.859. The predicted molar refractivity (Wildman–Crippen MR) is 79.6 cm³/mol. The van der Waals surface area contributed by atoms with Crippen LogP contribution in [-0.4, -0.2) is 20.3 Å². The zero-order chi connectivity index (χ0) is 13.6. The molecule has 1 unspecified atom stereocenters. The number of rotatable bonds is 1. The van der Waals surface area contributed by atoms with Gasteiger partial charge in [-0.1, -0.05) is 13.8 Å². The lowest BCUT2D eigenvalue weighted by atomic mass is 9.74. The summed E-state index contributed by atoms with van der Waals surface area (Å²) < 4.78 is 13.9. The molecule has 1 saturated heterocycles. The van der Waals surface area contributed by atoms with Gasteiger partial charge in [-0.05, 0) is 42.7 Å². The van der Waals surface area contributed by atoms with Crippen LogP contribution in [0.4, 0.5) is 0 Å². The maximum atomic E-state index is 11.5. The summed E-state index contributed by atoms with van der Waals surface area (Å²) in [6.45, 7) is 4.62. The molecule has 0 spiro atoms. The van der Waals surface area contributed by atoms with E-state index in [0.29, 0.717) is 11.5 Å². The van der Waals surface area contributed by atoms with E-state index < -0.39 is 10.8 Å². The summed E-state index contributed by atoms with van der Waals surface area (Å²) in [5.74, 6) is 1.71. The molecule has 1 aromatic heterocycles. The van der Waals surface area contributed by atoms with E-state index in [1.165, 1.54) is 11.3 Å². The van der Waals surface area contributed by atoms with Crippen LogP contribution in [-0.2, 0) is 17.2 Å². The Kier molecular flexibility index (Phi) is 3.34. The minimum Gasteiger partial charge on any atom is -0.348 e. The molecule has 1 aliphatic heterocycles. The maximum absolute atomic E-state index is 11.5. The molecule has 2 aliphatic rings. The highest BCUT2D eigenvalue weighted by molar-refractivity contribution is 7.85. The van der Waals surface area contributed by atoms with Crippen LogP contribution in [0, 0.1) is 5.41 Å². The number of hydrogen-bond acceptors (Lipinski definition) is 2. The Bertz CT molecular complexity index is 496. The summed E-state index contributed by atoms with van der Waals surface area (Å²) in [6, 6.07) is 2.92. The second-order valence-corrected chi connectivity index (χ2v) is 8.55. The van der Waals surface area contributed by atoms with Gasteiger partial charge in [0.1, 0.15) is 0 Å². The SMILES string of the molecule is CC1(C)Cc2c(ccn2C2CCS(=O)CC2)C(N)C1. The first-order chi connectivity index (χ1) is 8.96.